The number of nitrogens with one attached hydrogen (secondary N) is 1. The van der Waals surface area contributed by atoms with Gasteiger partial charge >= 0.3 is 17.4 Å². The molecule has 0 fully saturated rings. The summed E-state index contributed by atoms with van der Waals surface area (Å²) in [6, 6.07) is 0. The standard InChI is InChI=1S/C8H10F9NO4S2/c1-2-6(11,12)8(16,17)24(21,22)18-23(19,20)4-5(9,10)3-7(13,14)15/h18H,2-4H2,1H3. The molecule has 0 amide bonds. The number of halogens is 9. The second kappa shape index (κ2) is 6.51. The van der Waals surface area contributed by atoms with Crippen LogP contribution in [0.15, 0.2) is 0 Å². The molecule has 0 aromatic heterocycles. The highest BCUT2D eigenvalue weighted by molar-refractivity contribution is 8.05. The molecule has 1 N–H and O–H groups in total. The lowest BCUT2D eigenvalue weighted by Gasteiger charge is -2.25. The Labute approximate surface area is 130 Å². The van der Waals surface area contributed by atoms with Crippen LogP contribution in [0.5, 0.6) is 0 Å². The normalized spacial score (nSPS) is 15.6. The Bertz CT molecular complexity index is 654. The molecule has 0 saturated heterocycles. The zero-order valence-corrected chi connectivity index (χ0v) is 13.1. The Morgan fingerprint density at radius 1 is 0.833 bits per heavy atom. The van der Waals surface area contributed by atoms with Crippen molar-refractivity contribution in [3.63, 3.8) is 0 Å². The minimum Gasteiger partial charge on any atom is -0.211 e. The van der Waals surface area contributed by atoms with Gasteiger partial charge in [0.15, 0.2) is 0 Å². The summed E-state index contributed by atoms with van der Waals surface area (Å²) in [6.45, 7) is 0.426. The van der Waals surface area contributed by atoms with E-state index in [0.29, 0.717) is 6.92 Å². The highest BCUT2D eigenvalue weighted by atomic mass is 32.3. The van der Waals surface area contributed by atoms with Crippen molar-refractivity contribution in [3.8, 4) is 0 Å². The minimum atomic E-state index is -6.74. The van der Waals surface area contributed by atoms with E-state index in [9.17, 15) is 56.3 Å². The third-order valence-electron chi connectivity index (χ3n) is 2.30. The fourth-order valence-corrected chi connectivity index (χ4v) is 4.46. The van der Waals surface area contributed by atoms with Crippen LogP contribution in [-0.2, 0) is 20.0 Å². The second-order valence-corrected chi connectivity index (χ2v) is 8.27. The highest BCUT2D eigenvalue weighted by Crippen LogP contribution is 2.41. The summed E-state index contributed by atoms with van der Waals surface area (Å²) in [6.07, 6.45) is -10.3. The van der Waals surface area contributed by atoms with Gasteiger partial charge < -0.3 is 0 Å². The SMILES string of the molecule is CCC(F)(F)C(F)(F)S(=O)(=O)NS(=O)(=O)CC(F)(F)CC(F)(F)F. The maximum absolute atomic E-state index is 13.2. The van der Waals surface area contributed by atoms with Gasteiger partial charge in [0, 0.05) is 6.42 Å². The summed E-state index contributed by atoms with van der Waals surface area (Å²) >= 11 is 0. The van der Waals surface area contributed by atoms with Crippen molar-refractivity contribution in [2.45, 2.75) is 43.0 Å². The molecule has 0 unspecified atom stereocenters. The monoisotopic (exact) mass is 419 g/mol. The van der Waals surface area contributed by atoms with Crippen LogP contribution >= 0.6 is 0 Å². The number of hydrogen-bond donors (Lipinski definition) is 1. The number of sulfonamides is 2. The summed E-state index contributed by atoms with van der Waals surface area (Å²) < 4.78 is 158. The number of rotatable bonds is 8. The maximum Gasteiger partial charge on any atom is 0.421 e. The average Bonchev–Trinajstić information content (AvgIpc) is 2.20. The van der Waals surface area contributed by atoms with E-state index in [1.807, 2.05) is 0 Å². The lowest BCUT2D eigenvalue weighted by Crippen LogP contribution is -2.54. The van der Waals surface area contributed by atoms with Gasteiger partial charge in [-0.05, 0) is 0 Å². The van der Waals surface area contributed by atoms with Gasteiger partial charge in [-0.1, -0.05) is 6.92 Å². The molecule has 0 atom stereocenters. The molecule has 0 radical (unpaired) electrons. The van der Waals surface area contributed by atoms with Gasteiger partial charge in [0.2, 0.25) is 10.0 Å². The molecule has 146 valence electrons. The molecule has 16 heteroatoms. The Hall–Kier alpha value is -0.770. The second-order valence-electron chi connectivity index (χ2n) is 4.57. The summed E-state index contributed by atoms with van der Waals surface area (Å²) in [5.41, 5.74) is 0. The Kier molecular flexibility index (Phi) is 6.30. The van der Waals surface area contributed by atoms with E-state index in [1.54, 1.807) is 0 Å². The largest absolute Gasteiger partial charge is 0.421 e. The number of alkyl halides is 9. The average molecular weight is 419 g/mol. The summed E-state index contributed by atoms with van der Waals surface area (Å²) in [5, 5.41) is -6.01. The van der Waals surface area contributed by atoms with Crippen molar-refractivity contribution < 1.29 is 56.3 Å². The fourth-order valence-electron chi connectivity index (χ4n) is 1.27. The molecule has 0 saturated carbocycles. The van der Waals surface area contributed by atoms with Crippen molar-refractivity contribution >= 4 is 20.0 Å². The van der Waals surface area contributed by atoms with Gasteiger partial charge in [-0.25, -0.2) is 25.6 Å². The smallest absolute Gasteiger partial charge is 0.211 e. The molecule has 24 heavy (non-hydrogen) atoms. The van der Waals surface area contributed by atoms with E-state index in [-0.39, 0.29) is 4.13 Å². The van der Waals surface area contributed by atoms with Gasteiger partial charge in [-0.3, -0.25) is 0 Å². The van der Waals surface area contributed by atoms with Gasteiger partial charge in [0.25, 0.3) is 15.9 Å². The van der Waals surface area contributed by atoms with Crippen LogP contribution < -0.4 is 4.13 Å². The van der Waals surface area contributed by atoms with E-state index in [1.165, 1.54) is 0 Å². The molecular formula is C8H10F9NO4S2. The zero-order chi connectivity index (χ0) is 19.8. The third-order valence-corrected chi connectivity index (χ3v) is 5.97. The Morgan fingerprint density at radius 3 is 1.58 bits per heavy atom. The zero-order valence-electron chi connectivity index (χ0n) is 11.5. The van der Waals surface area contributed by atoms with Crippen LogP contribution in [0.3, 0.4) is 0 Å². The molecule has 0 aliphatic carbocycles. The topological polar surface area (TPSA) is 80.3 Å². The van der Waals surface area contributed by atoms with Crippen molar-refractivity contribution in [2.75, 3.05) is 5.75 Å². The number of hydrogen-bond acceptors (Lipinski definition) is 4. The van der Waals surface area contributed by atoms with E-state index in [0.717, 1.165) is 0 Å². The van der Waals surface area contributed by atoms with E-state index >= 15 is 0 Å². The predicted molar refractivity (Wildman–Crippen MR) is 61.6 cm³/mol. The van der Waals surface area contributed by atoms with Gasteiger partial charge in [0.05, 0.1) is 0 Å². The lowest BCUT2D eigenvalue weighted by molar-refractivity contribution is -0.181. The van der Waals surface area contributed by atoms with Crippen LogP contribution in [0, 0.1) is 0 Å². The van der Waals surface area contributed by atoms with Crippen LogP contribution in [0.4, 0.5) is 39.5 Å². The molecule has 0 bridgehead atoms. The first-order valence-electron chi connectivity index (χ1n) is 5.64. The maximum atomic E-state index is 13.2. The first kappa shape index (κ1) is 23.2. The molecule has 0 aromatic rings. The predicted octanol–water partition coefficient (Wildman–Crippen LogP) is 2.46. The van der Waals surface area contributed by atoms with E-state index in [4.69, 9.17) is 0 Å². The summed E-state index contributed by atoms with van der Waals surface area (Å²) in [4.78, 5) is 0. The molecule has 0 aliphatic rings. The van der Waals surface area contributed by atoms with Gasteiger partial charge in [-0.15, -0.1) is 4.13 Å². The fraction of sp³-hybridized carbons (Fsp3) is 1.00. The first-order chi connectivity index (χ1) is 10.2. The molecular weight excluding hydrogens is 409 g/mol. The highest BCUT2D eigenvalue weighted by Gasteiger charge is 2.65. The van der Waals surface area contributed by atoms with E-state index in [2.05, 4.69) is 0 Å². The Morgan fingerprint density at radius 2 is 1.25 bits per heavy atom. The van der Waals surface area contributed by atoms with E-state index < -0.39 is 61.9 Å². The van der Waals surface area contributed by atoms with Gasteiger partial charge in [-0.2, -0.15) is 30.7 Å². The molecule has 0 rings (SSSR count). The van der Waals surface area contributed by atoms with Gasteiger partial charge in [0.1, 0.15) is 12.2 Å². The summed E-state index contributed by atoms with van der Waals surface area (Å²) in [5.74, 6) is -13.2. The van der Waals surface area contributed by atoms with Crippen molar-refractivity contribution in [1.82, 2.24) is 4.13 Å². The lowest BCUT2D eigenvalue weighted by atomic mass is 10.3. The molecule has 5 nitrogen and oxygen atoms in total. The Balaban J connectivity index is 5.52. The van der Waals surface area contributed by atoms with Crippen LogP contribution in [0.2, 0.25) is 0 Å². The van der Waals surface area contributed by atoms with Crippen molar-refractivity contribution in [3.05, 3.63) is 0 Å². The minimum absolute atomic E-state index is 0.0777. The summed E-state index contributed by atoms with van der Waals surface area (Å²) in [7, 11) is -12.8. The molecule has 0 heterocycles. The van der Waals surface area contributed by atoms with Crippen LogP contribution in [0.25, 0.3) is 0 Å². The molecule has 0 spiro atoms. The van der Waals surface area contributed by atoms with Crippen molar-refractivity contribution in [2.24, 2.45) is 0 Å². The third kappa shape index (κ3) is 5.94. The molecule has 0 aliphatic heterocycles. The van der Waals surface area contributed by atoms with Crippen LogP contribution in [0.1, 0.15) is 19.8 Å². The first-order valence-corrected chi connectivity index (χ1v) is 8.78. The van der Waals surface area contributed by atoms with Crippen molar-refractivity contribution in [1.29, 1.82) is 0 Å². The quantitative estimate of drug-likeness (QED) is 0.613. The molecule has 0 aromatic carbocycles. The van der Waals surface area contributed by atoms with Crippen LogP contribution in [-0.4, -0.2) is 45.9 Å².